The van der Waals surface area contributed by atoms with E-state index in [9.17, 15) is 4.79 Å². The van der Waals surface area contributed by atoms with Crippen LogP contribution in [0.25, 0.3) is 0 Å². The molecule has 2 atom stereocenters. The van der Waals surface area contributed by atoms with Crippen LogP contribution < -0.4 is 10.6 Å². The SMILES string of the molecule is O=C(O)N[C@@H]1CCc2cccc3c2[C@@H]1Nc1ccccc1C3. The molecule has 112 valence electrons. The molecule has 1 amide bonds. The van der Waals surface area contributed by atoms with Gasteiger partial charge in [0, 0.05) is 5.69 Å². The quantitative estimate of drug-likeness (QED) is 0.756. The van der Waals surface area contributed by atoms with E-state index in [0.717, 1.165) is 24.9 Å². The third-order valence-electron chi connectivity index (χ3n) is 4.74. The lowest BCUT2D eigenvalue weighted by atomic mass is 9.81. The van der Waals surface area contributed by atoms with Crippen molar-refractivity contribution in [3.8, 4) is 0 Å². The number of carboxylic acid groups (broad SMARTS) is 1. The summed E-state index contributed by atoms with van der Waals surface area (Å²) < 4.78 is 0. The van der Waals surface area contributed by atoms with Crippen LogP contribution in [0.3, 0.4) is 0 Å². The molecule has 1 aliphatic heterocycles. The molecule has 4 nitrogen and oxygen atoms in total. The Balaban J connectivity index is 1.85. The second-order valence-electron chi connectivity index (χ2n) is 6.04. The Kier molecular flexibility index (Phi) is 3.03. The Morgan fingerprint density at radius 2 is 1.86 bits per heavy atom. The second kappa shape index (κ2) is 5.05. The Bertz CT molecular complexity index is 742. The molecule has 0 bridgehead atoms. The van der Waals surface area contributed by atoms with Crippen LogP contribution in [0.2, 0.25) is 0 Å². The number of fused-ring (bicyclic) bond motifs is 1. The van der Waals surface area contributed by atoms with E-state index in [1.54, 1.807) is 0 Å². The van der Waals surface area contributed by atoms with Gasteiger partial charge >= 0.3 is 6.09 Å². The van der Waals surface area contributed by atoms with Gasteiger partial charge in [0.25, 0.3) is 0 Å². The van der Waals surface area contributed by atoms with Crippen LogP contribution in [0.15, 0.2) is 42.5 Å². The standard InChI is InChI=1S/C18H18N2O2/c21-18(22)20-15-9-8-11-5-3-6-13-10-12-4-1-2-7-14(12)19-17(15)16(11)13/h1-7,15,17,19-20H,8-10H2,(H,21,22)/t15-,17-/m1/s1. The maximum Gasteiger partial charge on any atom is 0.404 e. The predicted octanol–water partition coefficient (Wildman–Crippen LogP) is 3.33. The smallest absolute Gasteiger partial charge is 0.404 e. The van der Waals surface area contributed by atoms with Crippen LogP contribution in [0, 0.1) is 0 Å². The van der Waals surface area contributed by atoms with Gasteiger partial charge in [0.1, 0.15) is 0 Å². The van der Waals surface area contributed by atoms with Gasteiger partial charge in [0.05, 0.1) is 12.1 Å². The molecule has 4 rings (SSSR count). The first-order valence-corrected chi connectivity index (χ1v) is 7.67. The van der Waals surface area contributed by atoms with Crippen molar-refractivity contribution in [2.24, 2.45) is 0 Å². The zero-order valence-electron chi connectivity index (χ0n) is 12.2. The highest BCUT2D eigenvalue weighted by Gasteiger charge is 2.34. The van der Waals surface area contributed by atoms with Crippen molar-refractivity contribution < 1.29 is 9.90 Å². The molecule has 3 N–H and O–H groups in total. The van der Waals surface area contributed by atoms with Crippen molar-refractivity contribution in [2.75, 3.05) is 5.32 Å². The first-order chi connectivity index (χ1) is 10.7. The van der Waals surface area contributed by atoms with Gasteiger partial charge in [-0.25, -0.2) is 4.79 Å². The number of rotatable bonds is 1. The summed E-state index contributed by atoms with van der Waals surface area (Å²) in [7, 11) is 0. The van der Waals surface area contributed by atoms with Crippen molar-refractivity contribution in [1.82, 2.24) is 5.32 Å². The maximum atomic E-state index is 11.1. The van der Waals surface area contributed by atoms with E-state index < -0.39 is 6.09 Å². The van der Waals surface area contributed by atoms with Gasteiger partial charge in [-0.1, -0.05) is 36.4 Å². The molecule has 2 aromatic rings. The average Bonchev–Trinajstić information content (AvgIpc) is 2.67. The van der Waals surface area contributed by atoms with Crippen LogP contribution in [-0.2, 0) is 12.8 Å². The lowest BCUT2D eigenvalue weighted by Gasteiger charge is -2.35. The molecule has 0 fully saturated rings. The molecule has 1 aliphatic carbocycles. The number of benzene rings is 2. The third kappa shape index (κ3) is 2.11. The summed E-state index contributed by atoms with van der Waals surface area (Å²) in [5.74, 6) is 0. The van der Waals surface area contributed by atoms with Gasteiger partial charge in [-0.15, -0.1) is 0 Å². The molecule has 0 spiro atoms. The van der Waals surface area contributed by atoms with E-state index in [0.29, 0.717) is 0 Å². The first kappa shape index (κ1) is 13.2. The minimum atomic E-state index is -0.953. The maximum absolute atomic E-state index is 11.1. The average molecular weight is 294 g/mol. The summed E-state index contributed by atoms with van der Waals surface area (Å²) in [5, 5.41) is 15.4. The number of nitrogens with one attached hydrogen (secondary N) is 2. The van der Waals surface area contributed by atoms with E-state index >= 15 is 0 Å². The van der Waals surface area contributed by atoms with Crippen LogP contribution >= 0.6 is 0 Å². The molecule has 0 aromatic heterocycles. The molecule has 2 aromatic carbocycles. The highest BCUT2D eigenvalue weighted by molar-refractivity contribution is 5.66. The van der Waals surface area contributed by atoms with Gasteiger partial charge < -0.3 is 15.7 Å². The highest BCUT2D eigenvalue weighted by atomic mass is 16.4. The van der Waals surface area contributed by atoms with E-state index in [-0.39, 0.29) is 12.1 Å². The van der Waals surface area contributed by atoms with Gasteiger partial charge in [0.2, 0.25) is 0 Å². The molecular formula is C18H18N2O2. The Morgan fingerprint density at radius 1 is 1.09 bits per heavy atom. The van der Waals surface area contributed by atoms with Crippen LogP contribution in [-0.4, -0.2) is 17.2 Å². The monoisotopic (exact) mass is 294 g/mol. The zero-order chi connectivity index (χ0) is 15.1. The van der Waals surface area contributed by atoms with Gasteiger partial charge in [0.15, 0.2) is 0 Å². The number of hydrogen-bond acceptors (Lipinski definition) is 2. The molecule has 0 unspecified atom stereocenters. The number of hydrogen-bond donors (Lipinski definition) is 3. The molecule has 0 saturated carbocycles. The Labute approximate surface area is 129 Å². The largest absolute Gasteiger partial charge is 0.465 e. The summed E-state index contributed by atoms with van der Waals surface area (Å²) in [6.07, 6.45) is 1.68. The van der Waals surface area contributed by atoms with Crippen LogP contribution in [0.1, 0.15) is 34.7 Å². The van der Waals surface area contributed by atoms with Gasteiger partial charge in [-0.2, -0.15) is 0 Å². The number of carbonyl (C=O) groups is 1. The number of amides is 1. The van der Waals surface area contributed by atoms with E-state index in [1.165, 1.54) is 22.3 Å². The summed E-state index contributed by atoms with van der Waals surface area (Å²) in [5.41, 5.74) is 6.29. The molecule has 1 heterocycles. The minimum Gasteiger partial charge on any atom is -0.465 e. The molecule has 0 saturated heterocycles. The molecular weight excluding hydrogens is 276 g/mol. The van der Waals surface area contributed by atoms with Gasteiger partial charge in [-0.3, -0.25) is 0 Å². The van der Waals surface area contributed by atoms with Crippen LogP contribution in [0.4, 0.5) is 10.5 Å². The molecule has 0 radical (unpaired) electrons. The fourth-order valence-electron chi connectivity index (χ4n) is 3.79. The molecule has 4 heteroatoms. The lowest BCUT2D eigenvalue weighted by Crippen LogP contribution is -2.44. The second-order valence-corrected chi connectivity index (χ2v) is 6.04. The predicted molar refractivity (Wildman–Crippen MR) is 85.3 cm³/mol. The normalized spacial score (nSPS) is 21.8. The van der Waals surface area contributed by atoms with E-state index in [1.807, 2.05) is 6.07 Å². The van der Waals surface area contributed by atoms with E-state index in [4.69, 9.17) is 5.11 Å². The fraction of sp³-hybridized carbons (Fsp3) is 0.278. The Morgan fingerprint density at radius 3 is 2.73 bits per heavy atom. The van der Waals surface area contributed by atoms with Crippen molar-refractivity contribution >= 4 is 11.8 Å². The summed E-state index contributed by atoms with van der Waals surface area (Å²) in [4.78, 5) is 11.1. The number of para-hydroxylation sites is 1. The summed E-state index contributed by atoms with van der Waals surface area (Å²) >= 11 is 0. The first-order valence-electron chi connectivity index (χ1n) is 7.67. The third-order valence-corrected chi connectivity index (χ3v) is 4.74. The summed E-state index contributed by atoms with van der Waals surface area (Å²) in [6.45, 7) is 0. The molecule has 2 aliphatic rings. The zero-order valence-corrected chi connectivity index (χ0v) is 12.2. The lowest BCUT2D eigenvalue weighted by molar-refractivity contribution is 0.186. The van der Waals surface area contributed by atoms with Crippen LogP contribution in [0.5, 0.6) is 0 Å². The molecule has 22 heavy (non-hydrogen) atoms. The number of anilines is 1. The van der Waals surface area contributed by atoms with E-state index in [2.05, 4.69) is 47.0 Å². The van der Waals surface area contributed by atoms with Crippen molar-refractivity contribution in [3.05, 3.63) is 64.7 Å². The van der Waals surface area contributed by atoms with Crippen molar-refractivity contribution in [3.63, 3.8) is 0 Å². The topological polar surface area (TPSA) is 61.4 Å². The Hall–Kier alpha value is -2.49. The minimum absolute atomic E-state index is 0.000278. The highest BCUT2D eigenvalue weighted by Crippen LogP contribution is 2.39. The van der Waals surface area contributed by atoms with Gasteiger partial charge in [-0.05, 0) is 47.6 Å². The fourth-order valence-corrected chi connectivity index (χ4v) is 3.79. The van der Waals surface area contributed by atoms with Crippen molar-refractivity contribution in [1.29, 1.82) is 0 Å². The summed E-state index contributed by atoms with van der Waals surface area (Å²) in [6, 6.07) is 14.6. The number of aryl methyl sites for hydroxylation is 1. The van der Waals surface area contributed by atoms with Crippen molar-refractivity contribution in [2.45, 2.75) is 31.3 Å².